The van der Waals surface area contributed by atoms with Gasteiger partial charge in [0.15, 0.2) is 5.65 Å². The minimum atomic E-state index is -0.00684. The number of benzene rings is 1. The van der Waals surface area contributed by atoms with Crippen LogP contribution in [0, 0.1) is 0 Å². The first kappa shape index (κ1) is 19.3. The third-order valence-electron chi connectivity index (χ3n) is 4.95. The van der Waals surface area contributed by atoms with Crippen molar-refractivity contribution in [2.45, 2.75) is 12.5 Å². The highest BCUT2D eigenvalue weighted by molar-refractivity contribution is 5.87. The van der Waals surface area contributed by atoms with E-state index in [0.717, 1.165) is 24.0 Å². The molecule has 3 aromatic heterocycles. The third kappa shape index (κ3) is 4.04. The number of likely N-dealkylation sites (tertiary alicyclic amines) is 1. The van der Waals surface area contributed by atoms with Crippen LogP contribution in [0.25, 0.3) is 22.3 Å². The summed E-state index contributed by atoms with van der Waals surface area (Å²) in [5.74, 6) is 0.208. The van der Waals surface area contributed by atoms with E-state index in [1.807, 2.05) is 36.7 Å². The van der Waals surface area contributed by atoms with Crippen LogP contribution in [0.15, 0.2) is 67.6 Å². The van der Waals surface area contributed by atoms with Crippen molar-refractivity contribution in [3.63, 3.8) is 0 Å². The van der Waals surface area contributed by atoms with Crippen LogP contribution in [-0.4, -0.2) is 59.2 Å². The van der Waals surface area contributed by atoms with Crippen LogP contribution >= 0.6 is 0 Å². The van der Waals surface area contributed by atoms with Crippen molar-refractivity contribution in [1.29, 1.82) is 0 Å². The zero-order valence-corrected chi connectivity index (χ0v) is 16.2. The zero-order chi connectivity index (χ0) is 20.9. The predicted octanol–water partition coefficient (Wildman–Crippen LogP) is 2.57. The first-order valence-electron chi connectivity index (χ1n) is 9.52. The summed E-state index contributed by atoms with van der Waals surface area (Å²) < 4.78 is 1.80. The minimum absolute atomic E-state index is 0.00684. The number of rotatable bonds is 3. The average Bonchev–Trinajstić information content (AvgIpc) is 3.54. The van der Waals surface area contributed by atoms with Gasteiger partial charge >= 0.3 is 0 Å². The number of aromatic nitrogens is 6. The van der Waals surface area contributed by atoms with Gasteiger partial charge in [-0.1, -0.05) is 23.9 Å². The second-order valence-corrected chi connectivity index (χ2v) is 6.84. The molecule has 1 amide bonds. The molecular formula is C21H21N7O2. The fourth-order valence-corrected chi connectivity index (χ4v) is 3.38. The summed E-state index contributed by atoms with van der Waals surface area (Å²) in [6, 6.07) is 11.2. The van der Waals surface area contributed by atoms with Crippen molar-refractivity contribution < 1.29 is 9.90 Å². The molecule has 1 fully saturated rings. The predicted molar refractivity (Wildman–Crippen MR) is 111 cm³/mol. The molecule has 0 radical (unpaired) electrons. The number of phenolic OH excluding ortho intramolecular Hbond substituents is 1. The Kier molecular flexibility index (Phi) is 5.51. The van der Waals surface area contributed by atoms with Gasteiger partial charge in [0.25, 0.3) is 0 Å². The first-order valence-corrected chi connectivity index (χ1v) is 9.52. The van der Waals surface area contributed by atoms with Crippen molar-refractivity contribution in [2.75, 3.05) is 13.1 Å². The molecule has 4 aromatic rings. The number of carbonyl (C=O) groups is 1. The summed E-state index contributed by atoms with van der Waals surface area (Å²) >= 11 is 0. The maximum Gasteiger partial charge on any atom is 0.246 e. The summed E-state index contributed by atoms with van der Waals surface area (Å²) in [5.41, 5.74) is 2.11. The number of H-pyrrole nitrogens is 1. The zero-order valence-electron chi connectivity index (χ0n) is 16.2. The Balaban J connectivity index is 0.000000147. The number of aromatic hydroxyl groups is 1. The van der Waals surface area contributed by atoms with Gasteiger partial charge in [0.2, 0.25) is 5.91 Å². The quantitative estimate of drug-likeness (QED) is 0.509. The molecule has 1 aromatic carbocycles. The fraction of sp³-hybridized carbons (Fsp3) is 0.190. The Labute approximate surface area is 172 Å². The van der Waals surface area contributed by atoms with Crippen LogP contribution < -0.4 is 0 Å². The van der Waals surface area contributed by atoms with Crippen LogP contribution in [0.1, 0.15) is 12.5 Å². The lowest BCUT2D eigenvalue weighted by atomic mass is 10.1. The molecule has 9 heteroatoms. The summed E-state index contributed by atoms with van der Waals surface area (Å²) in [5, 5.41) is 26.5. The van der Waals surface area contributed by atoms with Crippen molar-refractivity contribution in [3.8, 4) is 17.0 Å². The van der Waals surface area contributed by atoms with Gasteiger partial charge in [0.1, 0.15) is 5.75 Å². The first-order chi connectivity index (χ1) is 14.7. The summed E-state index contributed by atoms with van der Waals surface area (Å²) in [6.45, 7) is 4.94. The van der Waals surface area contributed by atoms with Gasteiger partial charge in [-0.15, -0.1) is 15.3 Å². The number of hydrogen-bond donors (Lipinski definition) is 2. The van der Waals surface area contributed by atoms with Gasteiger partial charge in [-0.3, -0.25) is 4.79 Å². The normalized spacial score (nSPS) is 15.6. The monoisotopic (exact) mass is 403 g/mol. The Morgan fingerprint density at radius 3 is 2.90 bits per heavy atom. The maximum atomic E-state index is 11.3. The molecule has 1 atom stereocenters. The second-order valence-electron chi connectivity index (χ2n) is 6.84. The highest BCUT2D eigenvalue weighted by Gasteiger charge is 2.26. The highest BCUT2D eigenvalue weighted by atomic mass is 16.3. The van der Waals surface area contributed by atoms with Crippen molar-refractivity contribution >= 4 is 16.9 Å². The van der Waals surface area contributed by atoms with E-state index in [1.54, 1.807) is 27.9 Å². The lowest BCUT2D eigenvalue weighted by Crippen LogP contribution is -2.27. The van der Waals surface area contributed by atoms with Crippen LogP contribution in [0.2, 0.25) is 0 Å². The highest BCUT2D eigenvalue weighted by Crippen LogP contribution is 2.27. The molecule has 2 N–H and O–H groups in total. The van der Waals surface area contributed by atoms with Gasteiger partial charge in [-0.2, -0.15) is 0 Å². The molecule has 152 valence electrons. The Hall–Kier alpha value is -4.01. The van der Waals surface area contributed by atoms with Gasteiger partial charge in [0.05, 0.1) is 17.9 Å². The average molecular weight is 403 g/mol. The molecule has 1 aliphatic heterocycles. The van der Waals surface area contributed by atoms with Gasteiger partial charge in [-0.05, 0) is 36.8 Å². The molecule has 1 unspecified atom stereocenters. The number of fused-ring (bicyclic) bond motifs is 1. The van der Waals surface area contributed by atoms with Crippen LogP contribution in [0.4, 0.5) is 0 Å². The number of nitrogens with one attached hydrogen (secondary N) is 1. The Bertz CT molecular complexity index is 1150. The molecule has 4 heterocycles. The fourth-order valence-electron chi connectivity index (χ4n) is 3.38. The van der Waals surface area contributed by atoms with E-state index in [2.05, 4.69) is 32.1 Å². The summed E-state index contributed by atoms with van der Waals surface area (Å²) in [4.78, 5) is 16.0. The van der Waals surface area contributed by atoms with Crippen LogP contribution in [0.3, 0.4) is 0 Å². The van der Waals surface area contributed by atoms with Gasteiger partial charge < -0.3 is 15.0 Å². The number of para-hydroxylation sites is 1. The molecule has 0 saturated carbocycles. The van der Waals surface area contributed by atoms with Gasteiger partial charge in [0, 0.05) is 36.4 Å². The number of nitrogens with zero attached hydrogens (tertiary/aromatic N) is 6. The smallest absolute Gasteiger partial charge is 0.246 e. The second kappa shape index (κ2) is 8.56. The van der Waals surface area contributed by atoms with E-state index in [-0.39, 0.29) is 17.7 Å². The third-order valence-corrected chi connectivity index (χ3v) is 4.95. The molecule has 0 aliphatic carbocycles. The van der Waals surface area contributed by atoms with Crippen molar-refractivity contribution in [3.05, 3.63) is 67.6 Å². The van der Waals surface area contributed by atoms with Gasteiger partial charge in [-0.25, -0.2) is 4.68 Å². The SMILES string of the molecule is C=CC(=O)N1CCC(n2ccnn2)C1.Oc1ccccc1-c1cc2cc[nH]c2nn1. The van der Waals surface area contributed by atoms with Crippen molar-refractivity contribution in [2.24, 2.45) is 0 Å². The van der Waals surface area contributed by atoms with Crippen LogP contribution in [-0.2, 0) is 4.79 Å². The Morgan fingerprint density at radius 1 is 1.27 bits per heavy atom. The standard InChI is InChI=1S/C12H9N3O.C9H12N4O/c16-11-4-2-1-3-9(11)10-7-8-5-6-13-12(8)15-14-10;1-2-9(14)12-5-3-8(7-12)13-6-4-10-11-13/h1-7,16H,(H,13,15);2,4,6,8H,1,3,5,7H2. The maximum absolute atomic E-state index is 11.3. The van der Waals surface area contributed by atoms with E-state index in [1.165, 1.54) is 6.08 Å². The molecular weight excluding hydrogens is 382 g/mol. The number of hydrogen-bond acceptors (Lipinski definition) is 6. The van der Waals surface area contributed by atoms with E-state index in [4.69, 9.17) is 0 Å². The minimum Gasteiger partial charge on any atom is -0.507 e. The lowest BCUT2D eigenvalue weighted by molar-refractivity contribution is -0.125. The van der Waals surface area contributed by atoms with Crippen molar-refractivity contribution in [1.82, 2.24) is 35.1 Å². The summed E-state index contributed by atoms with van der Waals surface area (Å²) in [6.07, 6.45) is 7.57. The molecule has 5 rings (SSSR count). The van der Waals surface area contributed by atoms with Crippen LogP contribution in [0.5, 0.6) is 5.75 Å². The molecule has 1 saturated heterocycles. The van der Waals surface area contributed by atoms with E-state index < -0.39 is 0 Å². The molecule has 1 aliphatic rings. The molecule has 0 spiro atoms. The number of aromatic amines is 1. The number of phenols is 1. The van der Waals surface area contributed by atoms with E-state index in [0.29, 0.717) is 17.8 Å². The van der Waals surface area contributed by atoms with E-state index in [9.17, 15) is 9.90 Å². The lowest BCUT2D eigenvalue weighted by Gasteiger charge is -2.13. The number of carbonyl (C=O) groups excluding carboxylic acids is 1. The summed E-state index contributed by atoms with van der Waals surface area (Å²) in [7, 11) is 0. The topological polar surface area (TPSA) is 113 Å². The van der Waals surface area contributed by atoms with E-state index >= 15 is 0 Å². The largest absolute Gasteiger partial charge is 0.507 e. The number of amides is 1. The molecule has 30 heavy (non-hydrogen) atoms. The molecule has 9 nitrogen and oxygen atoms in total. The molecule has 0 bridgehead atoms. The Morgan fingerprint density at radius 2 is 2.13 bits per heavy atom.